The molecular formula is C18H15N5OS2. The zero-order valence-corrected chi connectivity index (χ0v) is 15.5. The molecule has 4 heterocycles. The van der Waals surface area contributed by atoms with Crippen LogP contribution in [0.25, 0.3) is 9.88 Å². The Morgan fingerprint density at radius 1 is 1.15 bits per heavy atom. The zero-order chi connectivity index (χ0) is 17.9. The molecule has 1 saturated heterocycles. The van der Waals surface area contributed by atoms with E-state index in [9.17, 15) is 10.1 Å². The van der Waals surface area contributed by atoms with Crippen molar-refractivity contribution >= 4 is 34.4 Å². The molecule has 1 fully saturated rings. The molecule has 0 N–H and O–H groups in total. The minimum atomic E-state index is -0.0368. The van der Waals surface area contributed by atoms with Crippen LogP contribution in [-0.2, 0) is 0 Å². The first-order chi connectivity index (χ1) is 12.8. The summed E-state index contributed by atoms with van der Waals surface area (Å²) in [6.07, 6.45) is 1.69. The summed E-state index contributed by atoms with van der Waals surface area (Å²) in [4.78, 5) is 26.5. The van der Waals surface area contributed by atoms with E-state index in [-0.39, 0.29) is 5.91 Å². The van der Waals surface area contributed by atoms with E-state index in [0.717, 1.165) is 9.88 Å². The smallest absolute Gasteiger partial charge is 0.273 e. The fraction of sp³-hybridized carbons (Fsp3) is 0.222. The van der Waals surface area contributed by atoms with Gasteiger partial charge in [-0.3, -0.25) is 4.79 Å². The first-order valence-electron chi connectivity index (χ1n) is 8.15. The molecule has 0 aromatic carbocycles. The summed E-state index contributed by atoms with van der Waals surface area (Å²) < 4.78 is 0. The summed E-state index contributed by atoms with van der Waals surface area (Å²) in [5, 5.41) is 13.9. The van der Waals surface area contributed by atoms with Gasteiger partial charge in [-0.05, 0) is 23.6 Å². The number of carbonyl (C=O) groups is 1. The number of nitrogens with zero attached hydrogens (tertiary/aromatic N) is 5. The fourth-order valence-electron chi connectivity index (χ4n) is 2.90. The molecule has 1 aliphatic rings. The minimum Gasteiger partial charge on any atom is -0.352 e. The standard InChI is InChI=1S/C18H15N5OS2/c19-11-13-3-1-5-20-16(13)22-6-8-23(9-7-22)18(24)14-12-26-17(21-14)15-4-2-10-25-15/h1-5,10,12H,6-9H2. The van der Waals surface area contributed by atoms with Crippen LogP contribution in [0.3, 0.4) is 0 Å². The van der Waals surface area contributed by atoms with Gasteiger partial charge in [0.15, 0.2) is 0 Å². The van der Waals surface area contributed by atoms with Crippen LogP contribution >= 0.6 is 22.7 Å². The zero-order valence-electron chi connectivity index (χ0n) is 13.8. The lowest BCUT2D eigenvalue weighted by Gasteiger charge is -2.35. The molecule has 3 aromatic heterocycles. The average molecular weight is 381 g/mol. The number of aromatic nitrogens is 2. The number of hydrogen-bond acceptors (Lipinski definition) is 7. The van der Waals surface area contributed by atoms with Crippen molar-refractivity contribution in [3.63, 3.8) is 0 Å². The van der Waals surface area contributed by atoms with Crippen molar-refractivity contribution in [1.29, 1.82) is 5.26 Å². The highest BCUT2D eigenvalue weighted by atomic mass is 32.1. The average Bonchev–Trinajstić information content (AvgIpc) is 3.39. The highest BCUT2D eigenvalue weighted by Gasteiger charge is 2.25. The van der Waals surface area contributed by atoms with Crippen molar-refractivity contribution in [2.45, 2.75) is 0 Å². The number of carbonyl (C=O) groups excluding carboxylic acids is 1. The van der Waals surface area contributed by atoms with Gasteiger partial charge in [0.1, 0.15) is 22.6 Å². The molecule has 0 aliphatic carbocycles. The lowest BCUT2D eigenvalue weighted by atomic mass is 10.2. The third kappa shape index (κ3) is 3.19. The van der Waals surface area contributed by atoms with Crippen molar-refractivity contribution in [2.75, 3.05) is 31.1 Å². The lowest BCUT2D eigenvalue weighted by Crippen LogP contribution is -2.49. The Bertz CT molecular complexity index is 952. The van der Waals surface area contributed by atoms with Crippen LogP contribution < -0.4 is 4.90 Å². The normalized spacial score (nSPS) is 14.3. The Balaban J connectivity index is 1.43. The molecule has 0 bridgehead atoms. The predicted molar refractivity (Wildman–Crippen MR) is 102 cm³/mol. The second kappa shape index (κ2) is 7.23. The molecule has 3 aromatic rings. The van der Waals surface area contributed by atoms with Crippen LogP contribution in [0.2, 0.25) is 0 Å². The van der Waals surface area contributed by atoms with Gasteiger partial charge in [0, 0.05) is 37.8 Å². The van der Waals surface area contributed by atoms with E-state index in [0.29, 0.717) is 43.3 Å². The van der Waals surface area contributed by atoms with Gasteiger partial charge in [0.05, 0.1) is 10.4 Å². The summed E-state index contributed by atoms with van der Waals surface area (Å²) in [5.74, 6) is 0.654. The van der Waals surface area contributed by atoms with Crippen molar-refractivity contribution < 1.29 is 4.79 Å². The third-order valence-corrected chi connectivity index (χ3v) is 6.11. The minimum absolute atomic E-state index is 0.0368. The molecule has 0 spiro atoms. The van der Waals surface area contributed by atoms with Crippen LogP contribution in [0.1, 0.15) is 16.1 Å². The number of piperazine rings is 1. The number of hydrogen-bond donors (Lipinski definition) is 0. The van der Waals surface area contributed by atoms with Crippen LogP contribution in [0.15, 0.2) is 41.2 Å². The van der Waals surface area contributed by atoms with Gasteiger partial charge in [0.2, 0.25) is 0 Å². The molecule has 1 amide bonds. The maximum Gasteiger partial charge on any atom is 0.273 e. The highest BCUT2D eigenvalue weighted by molar-refractivity contribution is 7.20. The van der Waals surface area contributed by atoms with Gasteiger partial charge in [0.25, 0.3) is 5.91 Å². The van der Waals surface area contributed by atoms with E-state index in [1.165, 1.54) is 11.3 Å². The Labute approximate surface area is 159 Å². The van der Waals surface area contributed by atoms with Crippen LogP contribution in [-0.4, -0.2) is 47.0 Å². The third-order valence-electron chi connectivity index (χ3n) is 4.23. The Kier molecular flexibility index (Phi) is 4.65. The highest BCUT2D eigenvalue weighted by Crippen LogP contribution is 2.28. The summed E-state index contributed by atoms with van der Waals surface area (Å²) in [6.45, 7) is 2.48. The van der Waals surface area contributed by atoms with Gasteiger partial charge in [-0.2, -0.15) is 5.26 Å². The molecule has 4 rings (SSSR count). The van der Waals surface area contributed by atoms with Gasteiger partial charge < -0.3 is 9.80 Å². The molecule has 26 heavy (non-hydrogen) atoms. The maximum absolute atomic E-state index is 12.7. The largest absolute Gasteiger partial charge is 0.352 e. The second-order valence-corrected chi connectivity index (χ2v) is 7.59. The molecule has 1 aliphatic heterocycles. The summed E-state index contributed by atoms with van der Waals surface area (Å²) >= 11 is 3.12. The van der Waals surface area contributed by atoms with Crippen molar-refractivity contribution in [2.24, 2.45) is 0 Å². The summed E-state index contributed by atoms with van der Waals surface area (Å²) in [7, 11) is 0. The van der Waals surface area contributed by atoms with E-state index in [1.54, 1.807) is 29.7 Å². The number of thiophene rings is 1. The maximum atomic E-state index is 12.7. The van der Waals surface area contributed by atoms with E-state index in [2.05, 4.69) is 20.9 Å². The van der Waals surface area contributed by atoms with E-state index >= 15 is 0 Å². The number of nitriles is 1. The second-order valence-electron chi connectivity index (χ2n) is 5.78. The van der Waals surface area contributed by atoms with Gasteiger partial charge in [-0.25, -0.2) is 9.97 Å². The molecule has 6 nitrogen and oxygen atoms in total. The quantitative estimate of drug-likeness (QED) is 0.697. The summed E-state index contributed by atoms with van der Waals surface area (Å²) in [5.41, 5.74) is 1.06. The Hall–Kier alpha value is -2.76. The number of rotatable bonds is 3. The van der Waals surface area contributed by atoms with Gasteiger partial charge >= 0.3 is 0 Å². The van der Waals surface area contributed by atoms with Crippen molar-refractivity contribution in [3.8, 4) is 16.0 Å². The van der Waals surface area contributed by atoms with E-state index in [4.69, 9.17) is 0 Å². The number of anilines is 1. The van der Waals surface area contributed by atoms with Gasteiger partial charge in [-0.1, -0.05) is 6.07 Å². The molecule has 0 unspecified atom stereocenters. The van der Waals surface area contributed by atoms with E-state index in [1.807, 2.05) is 27.8 Å². The fourth-order valence-corrected chi connectivity index (χ4v) is 4.51. The van der Waals surface area contributed by atoms with E-state index < -0.39 is 0 Å². The van der Waals surface area contributed by atoms with Crippen molar-refractivity contribution in [1.82, 2.24) is 14.9 Å². The van der Waals surface area contributed by atoms with Crippen LogP contribution in [0.5, 0.6) is 0 Å². The Morgan fingerprint density at radius 2 is 2.00 bits per heavy atom. The molecule has 130 valence electrons. The first kappa shape index (κ1) is 16.7. The summed E-state index contributed by atoms with van der Waals surface area (Å²) in [6, 6.07) is 9.69. The van der Waals surface area contributed by atoms with Crippen LogP contribution in [0.4, 0.5) is 5.82 Å². The molecular weight excluding hydrogens is 366 g/mol. The first-order valence-corrected chi connectivity index (χ1v) is 9.91. The topological polar surface area (TPSA) is 73.1 Å². The molecule has 0 saturated carbocycles. The Morgan fingerprint density at radius 3 is 2.73 bits per heavy atom. The molecule has 8 heteroatoms. The van der Waals surface area contributed by atoms with Gasteiger partial charge in [-0.15, -0.1) is 22.7 Å². The van der Waals surface area contributed by atoms with Crippen molar-refractivity contribution in [3.05, 3.63) is 52.5 Å². The SMILES string of the molecule is N#Cc1cccnc1N1CCN(C(=O)c2csc(-c3cccs3)n2)CC1. The molecule has 0 radical (unpaired) electrons. The number of thiazole rings is 1. The number of pyridine rings is 1. The number of amides is 1. The monoisotopic (exact) mass is 381 g/mol. The predicted octanol–water partition coefficient (Wildman–Crippen LogP) is 3.10. The molecule has 0 atom stereocenters. The van der Waals surface area contributed by atoms with Crippen LogP contribution in [0, 0.1) is 11.3 Å². The lowest BCUT2D eigenvalue weighted by molar-refractivity contribution is 0.0741.